The minimum Gasteiger partial charge on any atom is -0.464 e. The molecule has 0 aromatic carbocycles. The molecule has 0 N–H and O–H groups in total. The zero-order chi connectivity index (χ0) is 12.3. The molecule has 7 heteroatoms. The van der Waals surface area contributed by atoms with E-state index in [2.05, 4.69) is 9.72 Å². The second-order valence-electron chi connectivity index (χ2n) is 2.66. The summed E-state index contributed by atoms with van der Waals surface area (Å²) < 4.78 is 42.1. The number of rotatable bonds is 2. The molecule has 4 nitrogen and oxygen atoms in total. The van der Waals surface area contributed by atoms with Gasteiger partial charge in [0, 0.05) is 0 Å². The van der Waals surface area contributed by atoms with E-state index < -0.39 is 35.2 Å². The molecule has 0 fully saturated rings. The quantitative estimate of drug-likeness (QED) is 0.727. The van der Waals surface area contributed by atoms with Gasteiger partial charge in [-0.2, -0.15) is 5.26 Å². The molecule has 0 radical (unpaired) electrons. The third-order valence-corrected chi connectivity index (χ3v) is 1.71. The normalized spacial score (nSPS) is 10.0. The number of carbonyl (C=O) groups is 1. The summed E-state index contributed by atoms with van der Waals surface area (Å²) in [5, 5.41) is 8.47. The van der Waals surface area contributed by atoms with Crippen molar-refractivity contribution < 1.29 is 22.7 Å². The largest absolute Gasteiger partial charge is 0.464 e. The van der Waals surface area contributed by atoms with Crippen LogP contribution in [-0.2, 0) is 4.74 Å². The summed E-state index contributed by atoms with van der Waals surface area (Å²) >= 11 is 0. The number of ether oxygens (including phenoxy) is 1. The second kappa shape index (κ2) is 4.61. The molecular formula is C9H5F3N2O2. The first-order valence-corrected chi connectivity index (χ1v) is 3.98. The van der Waals surface area contributed by atoms with Crippen LogP contribution < -0.4 is 0 Å². The molecule has 0 amide bonds. The summed E-state index contributed by atoms with van der Waals surface area (Å²) in [5.74, 6) is -2.35. The maximum absolute atomic E-state index is 13.2. The Morgan fingerprint density at radius 1 is 1.62 bits per heavy atom. The van der Waals surface area contributed by atoms with Crippen molar-refractivity contribution in [1.82, 2.24) is 4.98 Å². The molecule has 16 heavy (non-hydrogen) atoms. The van der Waals surface area contributed by atoms with Crippen molar-refractivity contribution in [3.05, 3.63) is 28.8 Å². The Balaban J connectivity index is 3.40. The van der Waals surface area contributed by atoms with Crippen LogP contribution in [0, 0.1) is 17.1 Å². The number of nitrogens with zero attached hydrogens (tertiary/aromatic N) is 2. The molecule has 0 unspecified atom stereocenters. The smallest absolute Gasteiger partial charge is 0.359 e. The van der Waals surface area contributed by atoms with Crippen molar-refractivity contribution in [3.8, 4) is 6.07 Å². The van der Waals surface area contributed by atoms with Crippen LogP contribution in [0.4, 0.5) is 13.2 Å². The summed E-state index contributed by atoms with van der Waals surface area (Å²) in [7, 11) is 0.962. The highest BCUT2D eigenvalue weighted by Crippen LogP contribution is 2.22. The van der Waals surface area contributed by atoms with Crippen LogP contribution in [0.15, 0.2) is 6.07 Å². The fourth-order valence-electron chi connectivity index (χ4n) is 0.999. The molecule has 0 saturated carbocycles. The molecule has 0 atom stereocenters. The average Bonchev–Trinajstić information content (AvgIpc) is 2.27. The van der Waals surface area contributed by atoms with E-state index in [1.54, 1.807) is 0 Å². The minimum atomic E-state index is -3.07. The van der Waals surface area contributed by atoms with Crippen molar-refractivity contribution >= 4 is 5.97 Å². The van der Waals surface area contributed by atoms with E-state index in [0.717, 1.165) is 7.11 Å². The molecule has 84 valence electrons. The number of carbonyl (C=O) groups excluding carboxylic acids is 1. The van der Waals surface area contributed by atoms with Gasteiger partial charge in [0.15, 0.2) is 11.5 Å². The van der Waals surface area contributed by atoms with E-state index in [9.17, 15) is 18.0 Å². The SMILES string of the molecule is COC(=O)c1nc(C(F)F)c(C#N)cc1F. The molecule has 1 aromatic heterocycles. The van der Waals surface area contributed by atoms with Crippen molar-refractivity contribution in [2.75, 3.05) is 7.11 Å². The van der Waals surface area contributed by atoms with Gasteiger partial charge in [-0.1, -0.05) is 0 Å². The Bertz CT molecular complexity index is 469. The molecule has 1 rings (SSSR count). The molecule has 0 bridgehead atoms. The second-order valence-corrected chi connectivity index (χ2v) is 2.66. The lowest BCUT2D eigenvalue weighted by molar-refractivity contribution is 0.0586. The lowest BCUT2D eigenvalue weighted by Gasteiger charge is -2.05. The Morgan fingerprint density at radius 3 is 2.69 bits per heavy atom. The highest BCUT2D eigenvalue weighted by atomic mass is 19.3. The topological polar surface area (TPSA) is 63.0 Å². The number of methoxy groups -OCH3 is 1. The molecule has 0 saturated heterocycles. The highest BCUT2D eigenvalue weighted by Gasteiger charge is 2.22. The summed E-state index contributed by atoms with van der Waals surface area (Å²) in [4.78, 5) is 14.0. The molecule has 0 aliphatic rings. The van der Waals surface area contributed by atoms with Crippen LogP contribution in [0.3, 0.4) is 0 Å². The van der Waals surface area contributed by atoms with Gasteiger partial charge >= 0.3 is 5.97 Å². The average molecular weight is 230 g/mol. The molecule has 0 aliphatic heterocycles. The van der Waals surface area contributed by atoms with Crippen LogP contribution in [0.1, 0.15) is 28.2 Å². The van der Waals surface area contributed by atoms with E-state index in [0.29, 0.717) is 6.07 Å². The van der Waals surface area contributed by atoms with Crippen LogP contribution in [0.5, 0.6) is 0 Å². The first-order valence-electron chi connectivity index (χ1n) is 3.98. The number of pyridine rings is 1. The van der Waals surface area contributed by atoms with E-state index in [4.69, 9.17) is 5.26 Å². The maximum atomic E-state index is 13.2. The number of esters is 1. The Kier molecular flexibility index (Phi) is 3.45. The molecule has 0 aliphatic carbocycles. The number of aromatic nitrogens is 1. The minimum absolute atomic E-state index is 0.529. The number of halogens is 3. The van der Waals surface area contributed by atoms with Crippen molar-refractivity contribution in [1.29, 1.82) is 5.26 Å². The van der Waals surface area contributed by atoms with Gasteiger partial charge in [-0.25, -0.2) is 22.9 Å². The monoisotopic (exact) mass is 230 g/mol. The fraction of sp³-hybridized carbons (Fsp3) is 0.222. The van der Waals surface area contributed by atoms with E-state index in [1.807, 2.05) is 0 Å². The van der Waals surface area contributed by atoms with Crippen LogP contribution in [0.2, 0.25) is 0 Å². The Morgan fingerprint density at radius 2 is 2.25 bits per heavy atom. The van der Waals surface area contributed by atoms with E-state index >= 15 is 0 Å². The number of hydrogen-bond acceptors (Lipinski definition) is 4. The molecule has 1 heterocycles. The van der Waals surface area contributed by atoms with Crippen LogP contribution >= 0.6 is 0 Å². The maximum Gasteiger partial charge on any atom is 0.359 e. The van der Waals surface area contributed by atoms with Crippen molar-refractivity contribution in [2.45, 2.75) is 6.43 Å². The molecular weight excluding hydrogens is 225 g/mol. The lowest BCUT2D eigenvalue weighted by atomic mass is 10.2. The van der Waals surface area contributed by atoms with Gasteiger partial charge in [0.1, 0.15) is 11.8 Å². The van der Waals surface area contributed by atoms with Gasteiger partial charge in [0.05, 0.1) is 12.7 Å². The standard InChI is InChI=1S/C9H5F3N2O2/c1-16-9(15)7-5(10)2-4(3-13)6(14-7)8(11)12/h2,8H,1H3. The van der Waals surface area contributed by atoms with Gasteiger partial charge in [-0.15, -0.1) is 0 Å². The van der Waals surface area contributed by atoms with Gasteiger partial charge in [0.25, 0.3) is 6.43 Å². The zero-order valence-electron chi connectivity index (χ0n) is 8.00. The summed E-state index contributed by atoms with van der Waals surface area (Å²) in [6, 6.07) is 1.90. The third kappa shape index (κ3) is 2.11. The third-order valence-electron chi connectivity index (χ3n) is 1.71. The Hall–Kier alpha value is -2.10. The predicted octanol–water partition coefficient (Wildman–Crippen LogP) is 1.82. The highest BCUT2D eigenvalue weighted by molar-refractivity contribution is 5.87. The summed E-state index contributed by atoms with van der Waals surface area (Å²) in [6.07, 6.45) is -3.07. The summed E-state index contributed by atoms with van der Waals surface area (Å²) in [6.45, 7) is 0. The van der Waals surface area contributed by atoms with Gasteiger partial charge in [-0.05, 0) is 6.07 Å². The lowest BCUT2D eigenvalue weighted by Crippen LogP contribution is -2.11. The van der Waals surface area contributed by atoms with E-state index in [-0.39, 0.29) is 0 Å². The van der Waals surface area contributed by atoms with Gasteiger partial charge in [0.2, 0.25) is 0 Å². The van der Waals surface area contributed by atoms with Crippen LogP contribution in [0.25, 0.3) is 0 Å². The van der Waals surface area contributed by atoms with Crippen LogP contribution in [-0.4, -0.2) is 18.1 Å². The molecule has 1 aromatic rings. The van der Waals surface area contributed by atoms with Gasteiger partial charge < -0.3 is 4.74 Å². The Labute approximate surface area is 88.3 Å². The first kappa shape index (κ1) is 12.0. The van der Waals surface area contributed by atoms with Gasteiger partial charge in [-0.3, -0.25) is 0 Å². The number of nitriles is 1. The number of alkyl halides is 2. The summed E-state index contributed by atoms with van der Waals surface area (Å²) in [5.41, 5.74) is -2.42. The zero-order valence-corrected chi connectivity index (χ0v) is 8.00. The fourth-order valence-corrected chi connectivity index (χ4v) is 0.999. The molecule has 0 spiro atoms. The number of hydrogen-bond donors (Lipinski definition) is 0. The first-order chi connectivity index (χ1) is 7.51. The van der Waals surface area contributed by atoms with Crippen molar-refractivity contribution in [2.24, 2.45) is 0 Å². The predicted molar refractivity (Wildman–Crippen MR) is 45.2 cm³/mol. The van der Waals surface area contributed by atoms with Crippen molar-refractivity contribution in [3.63, 3.8) is 0 Å². The van der Waals surface area contributed by atoms with E-state index in [1.165, 1.54) is 6.07 Å².